The molecule has 6 nitrogen and oxygen atoms in total. The van der Waals surface area contributed by atoms with Crippen molar-refractivity contribution < 1.29 is 18.0 Å². The Morgan fingerprint density at radius 1 is 0.926 bits per heavy atom. The summed E-state index contributed by atoms with van der Waals surface area (Å²) in [7, 11) is -3.23. The quantitative estimate of drug-likeness (QED) is 0.719. The number of hydrogen-bond donors (Lipinski definition) is 0. The van der Waals surface area contributed by atoms with Crippen molar-refractivity contribution in [2.45, 2.75) is 44.9 Å². The first kappa shape index (κ1) is 20.0. The maximum Gasteiger partial charge on any atom is 0.223 e. The number of hydrogen-bond acceptors (Lipinski definition) is 4. The van der Waals surface area contributed by atoms with Gasteiger partial charge in [0.1, 0.15) is 0 Å². The summed E-state index contributed by atoms with van der Waals surface area (Å²) in [5, 5.41) is 0. The van der Waals surface area contributed by atoms with E-state index in [0.29, 0.717) is 38.2 Å². The zero-order valence-electron chi connectivity index (χ0n) is 15.9. The number of amides is 1. The number of fused-ring (bicyclic) bond motifs is 1. The summed E-state index contributed by atoms with van der Waals surface area (Å²) in [6, 6.07) is 5.93. The Hall–Kier alpha value is -1.73. The molecule has 1 heterocycles. The molecule has 0 N–H and O–H groups in total. The standard InChI is InChI=1S/C20H28N2O4S/c1-27(25,26)22-12-4-11-21(13-14-22)20(24)10-9-19(23)18-8-7-16-5-2-3-6-17(16)15-18/h7-8,15H,2-6,9-14H2,1H3. The molecule has 0 bridgehead atoms. The average molecular weight is 393 g/mol. The monoisotopic (exact) mass is 392 g/mol. The lowest BCUT2D eigenvalue weighted by Gasteiger charge is -2.21. The first-order chi connectivity index (χ1) is 12.8. The van der Waals surface area contributed by atoms with Crippen LogP contribution >= 0.6 is 0 Å². The van der Waals surface area contributed by atoms with E-state index >= 15 is 0 Å². The minimum absolute atomic E-state index is 0.00399. The van der Waals surface area contributed by atoms with Crippen LogP contribution in [0.2, 0.25) is 0 Å². The number of benzene rings is 1. The third kappa shape index (κ3) is 5.17. The lowest BCUT2D eigenvalue weighted by Crippen LogP contribution is -2.37. The van der Waals surface area contributed by atoms with Crippen LogP contribution in [0.5, 0.6) is 0 Å². The van der Waals surface area contributed by atoms with Gasteiger partial charge in [0.05, 0.1) is 6.26 Å². The molecule has 1 saturated heterocycles. The molecule has 0 unspecified atom stereocenters. The summed E-state index contributed by atoms with van der Waals surface area (Å²) in [6.07, 6.45) is 6.68. The van der Waals surface area contributed by atoms with Crippen molar-refractivity contribution in [1.29, 1.82) is 0 Å². The number of Topliss-reactive ketones (excluding diaryl/α,β-unsaturated/α-hetero) is 1. The Bertz CT molecular complexity index is 819. The molecule has 3 rings (SSSR count). The van der Waals surface area contributed by atoms with Gasteiger partial charge in [-0.05, 0) is 49.3 Å². The van der Waals surface area contributed by atoms with Gasteiger partial charge in [0.15, 0.2) is 5.78 Å². The first-order valence-electron chi connectivity index (χ1n) is 9.72. The van der Waals surface area contributed by atoms with Crippen LogP contribution in [-0.2, 0) is 27.7 Å². The Kier molecular flexibility index (Phi) is 6.32. The van der Waals surface area contributed by atoms with Crippen LogP contribution in [0, 0.1) is 0 Å². The zero-order valence-corrected chi connectivity index (χ0v) is 16.8. The molecule has 7 heteroatoms. The van der Waals surface area contributed by atoms with Crippen molar-refractivity contribution in [3.05, 3.63) is 34.9 Å². The summed E-state index contributed by atoms with van der Waals surface area (Å²) >= 11 is 0. The second-order valence-electron chi connectivity index (χ2n) is 7.51. The van der Waals surface area contributed by atoms with Crippen molar-refractivity contribution in [3.63, 3.8) is 0 Å². The van der Waals surface area contributed by atoms with Gasteiger partial charge in [0.25, 0.3) is 0 Å². The fourth-order valence-electron chi connectivity index (χ4n) is 3.90. The topological polar surface area (TPSA) is 74.8 Å². The predicted molar refractivity (Wildman–Crippen MR) is 104 cm³/mol. The Morgan fingerprint density at radius 3 is 2.41 bits per heavy atom. The molecule has 148 valence electrons. The molecule has 1 fully saturated rings. The summed E-state index contributed by atoms with van der Waals surface area (Å²) in [5.41, 5.74) is 3.31. The Morgan fingerprint density at radius 2 is 1.67 bits per heavy atom. The third-order valence-corrected chi connectivity index (χ3v) is 6.82. The maximum atomic E-state index is 12.5. The molecule has 1 amide bonds. The minimum Gasteiger partial charge on any atom is -0.341 e. The van der Waals surface area contributed by atoms with Gasteiger partial charge < -0.3 is 4.90 Å². The fourth-order valence-corrected chi connectivity index (χ4v) is 4.78. The summed E-state index contributed by atoms with van der Waals surface area (Å²) in [5.74, 6) is -0.0685. The molecule has 1 aromatic rings. The van der Waals surface area contributed by atoms with E-state index in [2.05, 4.69) is 6.07 Å². The SMILES string of the molecule is CS(=O)(=O)N1CCCN(C(=O)CCC(=O)c2ccc3c(c2)CCCC3)CC1. The minimum atomic E-state index is -3.23. The van der Waals surface area contributed by atoms with Crippen LogP contribution in [-0.4, -0.2) is 61.7 Å². The van der Waals surface area contributed by atoms with E-state index in [1.54, 1.807) is 4.90 Å². The Labute approximate surface area is 161 Å². The lowest BCUT2D eigenvalue weighted by molar-refractivity contribution is -0.131. The second-order valence-corrected chi connectivity index (χ2v) is 9.49. The fraction of sp³-hybridized carbons (Fsp3) is 0.600. The number of carbonyl (C=O) groups is 2. The molecule has 1 aliphatic carbocycles. The van der Waals surface area contributed by atoms with Gasteiger partial charge in [-0.1, -0.05) is 12.1 Å². The van der Waals surface area contributed by atoms with Gasteiger partial charge in [-0.3, -0.25) is 9.59 Å². The highest BCUT2D eigenvalue weighted by Gasteiger charge is 2.24. The summed E-state index contributed by atoms with van der Waals surface area (Å²) < 4.78 is 24.8. The van der Waals surface area contributed by atoms with Gasteiger partial charge in [0.2, 0.25) is 15.9 Å². The molecule has 2 aliphatic rings. The van der Waals surface area contributed by atoms with Crippen LogP contribution < -0.4 is 0 Å². The van der Waals surface area contributed by atoms with Crippen molar-refractivity contribution in [3.8, 4) is 0 Å². The van der Waals surface area contributed by atoms with Gasteiger partial charge in [-0.2, -0.15) is 0 Å². The molecule has 0 saturated carbocycles. The number of rotatable bonds is 5. The number of sulfonamides is 1. The van der Waals surface area contributed by atoms with E-state index in [1.165, 1.54) is 34.5 Å². The highest BCUT2D eigenvalue weighted by molar-refractivity contribution is 7.88. The molecule has 1 aliphatic heterocycles. The van der Waals surface area contributed by atoms with Crippen LogP contribution in [0.4, 0.5) is 0 Å². The van der Waals surface area contributed by atoms with Crippen LogP contribution in [0.15, 0.2) is 18.2 Å². The highest BCUT2D eigenvalue weighted by atomic mass is 32.2. The van der Waals surface area contributed by atoms with Crippen LogP contribution in [0.3, 0.4) is 0 Å². The first-order valence-corrected chi connectivity index (χ1v) is 11.6. The Balaban J connectivity index is 1.53. The van der Waals surface area contributed by atoms with Crippen LogP contribution in [0.1, 0.15) is 53.6 Å². The van der Waals surface area contributed by atoms with Crippen molar-refractivity contribution in [2.24, 2.45) is 0 Å². The van der Waals surface area contributed by atoms with E-state index in [4.69, 9.17) is 0 Å². The van der Waals surface area contributed by atoms with E-state index in [0.717, 1.165) is 12.8 Å². The molecule has 0 atom stereocenters. The van der Waals surface area contributed by atoms with E-state index < -0.39 is 10.0 Å². The van der Waals surface area contributed by atoms with Gasteiger partial charge >= 0.3 is 0 Å². The van der Waals surface area contributed by atoms with Crippen molar-refractivity contribution in [1.82, 2.24) is 9.21 Å². The molecular formula is C20H28N2O4S. The normalized spacial score (nSPS) is 18.6. The summed E-state index contributed by atoms with van der Waals surface area (Å²) in [6.45, 7) is 1.69. The number of aryl methyl sites for hydroxylation is 2. The number of ketones is 1. The smallest absolute Gasteiger partial charge is 0.223 e. The predicted octanol–water partition coefficient (Wildman–Crippen LogP) is 2.02. The molecule has 27 heavy (non-hydrogen) atoms. The second kappa shape index (κ2) is 8.52. The molecule has 0 radical (unpaired) electrons. The summed E-state index contributed by atoms with van der Waals surface area (Å²) in [4.78, 5) is 26.7. The largest absolute Gasteiger partial charge is 0.341 e. The third-order valence-electron chi connectivity index (χ3n) is 5.51. The van der Waals surface area contributed by atoms with Gasteiger partial charge in [-0.25, -0.2) is 12.7 Å². The molecular weight excluding hydrogens is 364 g/mol. The van der Waals surface area contributed by atoms with E-state index in [1.807, 2.05) is 12.1 Å². The van der Waals surface area contributed by atoms with E-state index in [-0.39, 0.29) is 24.5 Å². The zero-order chi connectivity index (χ0) is 19.4. The lowest BCUT2D eigenvalue weighted by atomic mass is 9.89. The number of nitrogens with zero attached hydrogens (tertiary/aromatic N) is 2. The molecule has 0 spiro atoms. The molecule has 1 aromatic carbocycles. The number of carbonyl (C=O) groups excluding carboxylic acids is 2. The van der Waals surface area contributed by atoms with Gasteiger partial charge in [-0.15, -0.1) is 0 Å². The highest BCUT2D eigenvalue weighted by Crippen LogP contribution is 2.23. The average Bonchev–Trinajstić information content (AvgIpc) is 2.91. The van der Waals surface area contributed by atoms with Crippen molar-refractivity contribution in [2.75, 3.05) is 32.4 Å². The van der Waals surface area contributed by atoms with E-state index in [9.17, 15) is 18.0 Å². The van der Waals surface area contributed by atoms with Crippen molar-refractivity contribution >= 4 is 21.7 Å². The molecule has 0 aromatic heterocycles. The van der Waals surface area contributed by atoms with Gasteiger partial charge in [0, 0.05) is 44.6 Å². The van der Waals surface area contributed by atoms with Crippen LogP contribution in [0.25, 0.3) is 0 Å². The maximum absolute atomic E-state index is 12.5.